The van der Waals surface area contributed by atoms with E-state index in [1.54, 1.807) is 18.2 Å². The number of hydrogen-bond donors (Lipinski definition) is 1. The molecule has 3 rings (SSSR count). The van der Waals surface area contributed by atoms with E-state index in [9.17, 15) is 14.9 Å². The molecule has 1 N–H and O–H groups in total. The molecule has 1 aliphatic rings. The highest BCUT2D eigenvalue weighted by Crippen LogP contribution is 2.24. The summed E-state index contributed by atoms with van der Waals surface area (Å²) in [6, 6.07) is 14.4. The number of nitro groups is 1. The summed E-state index contributed by atoms with van der Waals surface area (Å²) in [6.45, 7) is 6.43. The Morgan fingerprint density at radius 2 is 1.90 bits per heavy atom. The van der Waals surface area contributed by atoms with Gasteiger partial charge in [-0.1, -0.05) is 31.2 Å². The Balaban J connectivity index is 1.56. The molecule has 1 heterocycles. The largest absolute Gasteiger partial charge is 0.372 e. The van der Waals surface area contributed by atoms with Gasteiger partial charge < -0.3 is 10.2 Å². The number of amides is 1. The van der Waals surface area contributed by atoms with Crippen molar-refractivity contribution in [2.45, 2.75) is 32.7 Å². The minimum absolute atomic E-state index is 0.00387. The first-order valence-corrected chi connectivity index (χ1v) is 10.0. The van der Waals surface area contributed by atoms with E-state index in [1.165, 1.54) is 36.7 Å². The zero-order valence-corrected chi connectivity index (χ0v) is 16.9. The lowest BCUT2D eigenvalue weighted by atomic mass is 9.98. The summed E-state index contributed by atoms with van der Waals surface area (Å²) in [4.78, 5) is 25.0. The van der Waals surface area contributed by atoms with Gasteiger partial charge in [0.05, 0.1) is 11.0 Å². The molecule has 1 saturated heterocycles. The molecule has 1 atom stereocenters. The van der Waals surface area contributed by atoms with Gasteiger partial charge >= 0.3 is 0 Å². The van der Waals surface area contributed by atoms with E-state index in [4.69, 9.17) is 0 Å². The fourth-order valence-corrected chi connectivity index (χ4v) is 3.50. The number of piperidine rings is 1. The molecule has 29 heavy (non-hydrogen) atoms. The van der Waals surface area contributed by atoms with Crippen LogP contribution in [0.4, 0.5) is 11.4 Å². The molecule has 0 aliphatic carbocycles. The quantitative estimate of drug-likeness (QED) is 0.438. The molecule has 0 bridgehead atoms. The molecule has 0 saturated carbocycles. The molecule has 0 spiro atoms. The van der Waals surface area contributed by atoms with E-state index >= 15 is 0 Å². The summed E-state index contributed by atoms with van der Waals surface area (Å²) in [5.74, 6) is 0.564. The molecule has 152 valence electrons. The molecule has 0 radical (unpaired) electrons. The first kappa shape index (κ1) is 20.6. The zero-order valence-electron chi connectivity index (χ0n) is 16.9. The molecule has 1 amide bonds. The average Bonchev–Trinajstić information content (AvgIpc) is 2.73. The molecule has 0 aromatic heterocycles. The van der Waals surface area contributed by atoms with E-state index < -0.39 is 4.92 Å². The Kier molecular flexibility index (Phi) is 6.65. The van der Waals surface area contributed by atoms with Crippen LogP contribution in [-0.2, 0) is 4.79 Å². The summed E-state index contributed by atoms with van der Waals surface area (Å²) >= 11 is 0. The summed E-state index contributed by atoms with van der Waals surface area (Å²) in [5.41, 5.74) is 2.88. The van der Waals surface area contributed by atoms with Crippen molar-refractivity contribution in [2.24, 2.45) is 5.92 Å². The summed E-state index contributed by atoms with van der Waals surface area (Å²) < 4.78 is 0. The third kappa shape index (κ3) is 5.67. The van der Waals surface area contributed by atoms with Gasteiger partial charge in [0.15, 0.2) is 0 Å². The maximum atomic E-state index is 12.2. The van der Waals surface area contributed by atoms with E-state index in [0.717, 1.165) is 24.6 Å². The first-order valence-electron chi connectivity index (χ1n) is 10.0. The number of rotatable bonds is 6. The zero-order chi connectivity index (χ0) is 20.8. The molecular weight excluding hydrogens is 366 g/mol. The van der Waals surface area contributed by atoms with E-state index in [0.29, 0.717) is 5.56 Å². The number of nitro benzene ring substituents is 1. The van der Waals surface area contributed by atoms with Crippen LogP contribution in [0.1, 0.15) is 43.9 Å². The van der Waals surface area contributed by atoms with Crippen LogP contribution in [0.5, 0.6) is 0 Å². The smallest absolute Gasteiger partial charge is 0.270 e. The number of nitrogens with zero attached hydrogens (tertiary/aromatic N) is 2. The Labute approximate surface area is 171 Å². The van der Waals surface area contributed by atoms with Crippen molar-refractivity contribution in [3.8, 4) is 0 Å². The molecule has 6 nitrogen and oxygen atoms in total. The van der Waals surface area contributed by atoms with Crippen LogP contribution in [0.25, 0.3) is 6.08 Å². The lowest BCUT2D eigenvalue weighted by Crippen LogP contribution is -2.32. The highest BCUT2D eigenvalue weighted by molar-refractivity contribution is 5.92. The first-order chi connectivity index (χ1) is 13.9. The molecule has 2 aromatic carbocycles. The lowest BCUT2D eigenvalue weighted by Gasteiger charge is -2.32. The highest BCUT2D eigenvalue weighted by atomic mass is 16.6. The van der Waals surface area contributed by atoms with Crippen molar-refractivity contribution < 1.29 is 9.72 Å². The van der Waals surface area contributed by atoms with Gasteiger partial charge in [0.2, 0.25) is 5.91 Å². The van der Waals surface area contributed by atoms with Crippen LogP contribution in [-0.4, -0.2) is 23.9 Å². The maximum absolute atomic E-state index is 12.2. The lowest BCUT2D eigenvalue weighted by molar-refractivity contribution is -0.384. The highest BCUT2D eigenvalue weighted by Gasteiger charge is 2.16. The van der Waals surface area contributed by atoms with Crippen molar-refractivity contribution in [1.82, 2.24) is 5.32 Å². The second-order valence-electron chi connectivity index (χ2n) is 7.68. The standard InChI is InChI=1S/C23H27N3O3/c1-17-12-14-25(15-13-17)21-9-7-20(8-10-21)18(2)24-23(27)11-6-19-4-3-5-22(16-19)26(28)29/h3-11,16-18H,12-15H2,1-2H3,(H,24,27)/b11-6+/t18-/m0/s1. The average molecular weight is 393 g/mol. The normalized spacial score (nSPS) is 16.0. The van der Waals surface area contributed by atoms with Gasteiger partial charge in [-0.3, -0.25) is 14.9 Å². The van der Waals surface area contributed by atoms with Crippen LogP contribution in [0, 0.1) is 16.0 Å². The van der Waals surface area contributed by atoms with E-state index in [2.05, 4.69) is 41.4 Å². The van der Waals surface area contributed by atoms with E-state index in [-0.39, 0.29) is 17.6 Å². The van der Waals surface area contributed by atoms with Crippen molar-refractivity contribution in [3.63, 3.8) is 0 Å². The minimum Gasteiger partial charge on any atom is -0.372 e. The van der Waals surface area contributed by atoms with Gasteiger partial charge in [-0.05, 0) is 55.0 Å². The van der Waals surface area contributed by atoms with Crippen LogP contribution < -0.4 is 10.2 Å². The van der Waals surface area contributed by atoms with Crippen molar-refractivity contribution >= 4 is 23.4 Å². The Morgan fingerprint density at radius 3 is 2.55 bits per heavy atom. The van der Waals surface area contributed by atoms with Gasteiger partial charge in [-0.15, -0.1) is 0 Å². The Hall–Kier alpha value is -3.15. The SMILES string of the molecule is CC1CCN(c2ccc([C@H](C)NC(=O)/C=C/c3cccc([N+](=O)[O-])c3)cc2)CC1. The molecule has 6 heteroatoms. The number of anilines is 1. The summed E-state index contributed by atoms with van der Waals surface area (Å²) in [5, 5.41) is 13.8. The predicted octanol–water partition coefficient (Wildman–Crippen LogP) is 4.72. The summed E-state index contributed by atoms with van der Waals surface area (Å²) in [7, 11) is 0. The van der Waals surface area contributed by atoms with Gasteiger partial charge in [-0.25, -0.2) is 0 Å². The Bertz CT molecular complexity index is 884. The van der Waals surface area contributed by atoms with Crippen LogP contribution in [0.3, 0.4) is 0 Å². The van der Waals surface area contributed by atoms with Crippen LogP contribution >= 0.6 is 0 Å². The second-order valence-corrected chi connectivity index (χ2v) is 7.68. The molecule has 0 unspecified atom stereocenters. The number of benzene rings is 2. The molecule has 2 aromatic rings. The predicted molar refractivity (Wildman–Crippen MR) is 116 cm³/mol. The van der Waals surface area contributed by atoms with Gasteiger partial charge in [0.25, 0.3) is 5.69 Å². The van der Waals surface area contributed by atoms with Crippen molar-refractivity contribution in [3.05, 3.63) is 75.8 Å². The second kappa shape index (κ2) is 9.37. The van der Waals surface area contributed by atoms with Crippen molar-refractivity contribution in [2.75, 3.05) is 18.0 Å². The number of hydrogen-bond acceptors (Lipinski definition) is 4. The fourth-order valence-electron chi connectivity index (χ4n) is 3.50. The van der Waals surface area contributed by atoms with Crippen LogP contribution in [0.2, 0.25) is 0 Å². The summed E-state index contributed by atoms with van der Waals surface area (Å²) in [6.07, 6.45) is 5.44. The number of carbonyl (C=O) groups excluding carboxylic acids is 1. The fraction of sp³-hybridized carbons (Fsp3) is 0.348. The van der Waals surface area contributed by atoms with Gasteiger partial charge in [0.1, 0.15) is 0 Å². The number of non-ortho nitro benzene ring substituents is 1. The Morgan fingerprint density at radius 1 is 1.21 bits per heavy atom. The number of carbonyl (C=O) groups is 1. The molecule has 1 aliphatic heterocycles. The van der Waals surface area contributed by atoms with Gasteiger partial charge in [0, 0.05) is 37.0 Å². The third-order valence-corrected chi connectivity index (χ3v) is 5.41. The van der Waals surface area contributed by atoms with Crippen LogP contribution in [0.15, 0.2) is 54.6 Å². The minimum atomic E-state index is -0.451. The number of nitrogens with one attached hydrogen (secondary N) is 1. The maximum Gasteiger partial charge on any atom is 0.270 e. The topological polar surface area (TPSA) is 75.5 Å². The third-order valence-electron chi connectivity index (χ3n) is 5.41. The van der Waals surface area contributed by atoms with Crippen molar-refractivity contribution in [1.29, 1.82) is 0 Å². The molecular formula is C23H27N3O3. The molecule has 1 fully saturated rings. The monoisotopic (exact) mass is 393 g/mol. The van der Waals surface area contributed by atoms with E-state index in [1.807, 2.05) is 6.92 Å². The van der Waals surface area contributed by atoms with Gasteiger partial charge in [-0.2, -0.15) is 0 Å².